The van der Waals surface area contributed by atoms with E-state index in [9.17, 15) is 9.90 Å². The number of nitrogens with zero attached hydrogens (tertiary/aromatic N) is 3. The van der Waals surface area contributed by atoms with Gasteiger partial charge in [-0.3, -0.25) is 14.9 Å². The van der Waals surface area contributed by atoms with Crippen LogP contribution in [0, 0.1) is 5.92 Å². The Bertz CT molecular complexity index is 942. The quantitative estimate of drug-likeness (QED) is 0.710. The summed E-state index contributed by atoms with van der Waals surface area (Å²) in [6, 6.07) is 15.4. The van der Waals surface area contributed by atoms with Crippen molar-refractivity contribution in [1.82, 2.24) is 14.9 Å². The normalized spacial score (nSPS) is 16.9. The van der Waals surface area contributed by atoms with E-state index in [1.807, 2.05) is 30.5 Å². The lowest BCUT2D eigenvalue weighted by Gasteiger charge is -2.16. The fourth-order valence-electron chi connectivity index (χ4n) is 3.92. The fourth-order valence-corrected chi connectivity index (χ4v) is 3.92. The van der Waals surface area contributed by atoms with Crippen LogP contribution < -0.4 is 0 Å². The summed E-state index contributed by atoms with van der Waals surface area (Å²) in [5, 5.41) is 9.39. The highest BCUT2D eigenvalue weighted by Gasteiger charge is 2.23. The van der Waals surface area contributed by atoms with Gasteiger partial charge in [0, 0.05) is 31.7 Å². The van der Waals surface area contributed by atoms with Crippen LogP contribution in [0.5, 0.6) is 0 Å². The molecule has 3 aromatic rings. The second kappa shape index (κ2) is 8.31. The fraction of sp³-hybridized carbons (Fsp3) is 0.261. The van der Waals surface area contributed by atoms with Gasteiger partial charge in [-0.1, -0.05) is 42.5 Å². The summed E-state index contributed by atoms with van der Waals surface area (Å²) in [5.41, 5.74) is 4.34. The lowest BCUT2D eigenvalue weighted by atomic mass is 9.98. The third kappa shape index (κ3) is 4.26. The maximum Gasteiger partial charge on any atom is 0.336 e. The van der Waals surface area contributed by atoms with Crippen molar-refractivity contribution >= 4 is 5.97 Å². The molecule has 0 saturated carbocycles. The van der Waals surface area contributed by atoms with Crippen LogP contribution >= 0.6 is 0 Å². The van der Waals surface area contributed by atoms with Crippen LogP contribution in [0.3, 0.4) is 0 Å². The highest BCUT2D eigenvalue weighted by atomic mass is 16.4. The molecule has 0 bridgehead atoms. The molecule has 2 aromatic carbocycles. The van der Waals surface area contributed by atoms with E-state index < -0.39 is 5.97 Å². The van der Waals surface area contributed by atoms with Gasteiger partial charge in [0.25, 0.3) is 0 Å². The van der Waals surface area contributed by atoms with E-state index in [2.05, 4.69) is 27.0 Å². The lowest BCUT2D eigenvalue weighted by molar-refractivity contribution is 0.0697. The Morgan fingerprint density at radius 1 is 1.11 bits per heavy atom. The Labute approximate surface area is 164 Å². The SMILES string of the molecule is O=C(O)c1ccccc1-c1ccc(CN2CC[C@@H](Cc3cnccn3)C2)cc1. The molecule has 0 spiro atoms. The van der Waals surface area contributed by atoms with Gasteiger partial charge >= 0.3 is 5.97 Å². The van der Waals surface area contributed by atoms with Crippen molar-refractivity contribution in [2.24, 2.45) is 5.92 Å². The summed E-state index contributed by atoms with van der Waals surface area (Å²) in [6.07, 6.45) is 7.49. The largest absolute Gasteiger partial charge is 0.478 e. The molecule has 1 aliphatic rings. The van der Waals surface area contributed by atoms with Crippen molar-refractivity contribution in [1.29, 1.82) is 0 Å². The average Bonchev–Trinajstić information content (AvgIpc) is 3.16. The number of hydrogen-bond donors (Lipinski definition) is 1. The lowest BCUT2D eigenvalue weighted by Crippen LogP contribution is -2.20. The third-order valence-electron chi connectivity index (χ3n) is 5.31. The molecule has 1 saturated heterocycles. The van der Waals surface area contributed by atoms with Crippen molar-refractivity contribution in [3.05, 3.63) is 83.9 Å². The summed E-state index contributed by atoms with van der Waals surface area (Å²) in [5.74, 6) is -0.274. The van der Waals surface area contributed by atoms with Crippen molar-refractivity contribution in [2.45, 2.75) is 19.4 Å². The van der Waals surface area contributed by atoms with Crippen LogP contribution in [0.4, 0.5) is 0 Å². The first-order valence-corrected chi connectivity index (χ1v) is 9.58. The second-order valence-electron chi connectivity index (χ2n) is 7.34. The standard InChI is InChI=1S/C23H23N3O2/c27-23(28)22-4-2-1-3-21(22)19-7-5-17(6-8-19)15-26-12-9-18(16-26)13-20-14-24-10-11-25-20/h1-8,10-11,14,18H,9,12-13,15-16H2,(H,27,28)/t18-/m0/s1. The molecule has 28 heavy (non-hydrogen) atoms. The number of aromatic nitrogens is 2. The minimum absolute atomic E-state index is 0.335. The molecule has 5 heteroatoms. The van der Waals surface area contributed by atoms with Gasteiger partial charge in [-0.25, -0.2) is 4.79 Å². The number of carboxylic acids is 1. The van der Waals surface area contributed by atoms with Gasteiger partial charge in [-0.15, -0.1) is 0 Å². The number of carboxylic acid groups (broad SMARTS) is 1. The summed E-state index contributed by atoms with van der Waals surface area (Å²) < 4.78 is 0. The maximum atomic E-state index is 11.4. The monoisotopic (exact) mass is 373 g/mol. The summed E-state index contributed by atoms with van der Waals surface area (Å²) in [6.45, 7) is 3.08. The van der Waals surface area contributed by atoms with E-state index in [4.69, 9.17) is 0 Å². The minimum atomic E-state index is -0.897. The first kappa shape index (κ1) is 18.3. The molecule has 1 aliphatic heterocycles. The van der Waals surface area contributed by atoms with Crippen LogP contribution in [0.15, 0.2) is 67.1 Å². The molecule has 1 N–H and O–H groups in total. The van der Waals surface area contributed by atoms with E-state index in [1.165, 1.54) is 12.0 Å². The molecular weight excluding hydrogens is 350 g/mol. The molecule has 142 valence electrons. The molecule has 1 atom stereocenters. The van der Waals surface area contributed by atoms with Crippen LogP contribution in [0.2, 0.25) is 0 Å². The molecule has 5 nitrogen and oxygen atoms in total. The smallest absolute Gasteiger partial charge is 0.336 e. The molecule has 1 fully saturated rings. The topological polar surface area (TPSA) is 66.3 Å². The van der Waals surface area contributed by atoms with Crippen LogP contribution in [0.1, 0.15) is 28.0 Å². The summed E-state index contributed by atoms with van der Waals surface area (Å²) in [7, 11) is 0. The van der Waals surface area contributed by atoms with Gasteiger partial charge in [-0.2, -0.15) is 0 Å². The second-order valence-corrected chi connectivity index (χ2v) is 7.34. The van der Waals surface area contributed by atoms with E-state index in [0.717, 1.165) is 42.9 Å². The van der Waals surface area contributed by atoms with Gasteiger partial charge in [0.1, 0.15) is 0 Å². The number of likely N-dealkylation sites (tertiary alicyclic amines) is 1. The van der Waals surface area contributed by atoms with Crippen molar-refractivity contribution in [3.8, 4) is 11.1 Å². The van der Waals surface area contributed by atoms with Gasteiger partial charge in [0.2, 0.25) is 0 Å². The van der Waals surface area contributed by atoms with Gasteiger partial charge in [0.15, 0.2) is 0 Å². The summed E-state index contributed by atoms with van der Waals surface area (Å²) >= 11 is 0. The summed E-state index contributed by atoms with van der Waals surface area (Å²) in [4.78, 5) is 22.4. The van der Waals surface area contributed by atoms with Crippen molar-refractivity contribution in [3.63, 3.8) is 0 Å². The molecule has 0 unspecified atom stereocenters. The van der Waals surface area contributed by atoms with E-state index >= 15 is 0 Å². The van der Waals surface area contributed by atoms with E-state index in [-0.39, 0.29) is 0 Å². The molecule has 0 amide bonds. The van der Waals surface area contributed by atoms with E-state index in [0.29, 0.717) is 11.5 Å². The zero-order chi connectivity index (χ0) is 19.3. The van der Waals surface area contributed by atoms with Crippen molar-refractivity contribution < 1.29 is 9.90 Å². The number of rotatable bonds is 6. The highest BCUT2D eigenvalue weighted by molar-refractivity contribution is 5.95. The molecule has 4 rings (SSSR count). The first-order valence-electron chi connectivity index (χ1n) is 9.58. The Morgan fingerprint density at radius 3 is 2.68 bits per heavy atom. The zero-order valence-electron chi connectivity index (χ0n) is 15.7. The molecule has 2 heterocycles. The van der Waals surface area contributed by atoms with Gasteiger partial charge in [-0.05, 0) is 48.1 Å². The van der Waals surface area contributed by atoms with Gasteiger partial charge < -0.3 is 5.11 Å². The number of aromatic carboxylic acids is 1. The molecule has 0 radical (unpaired) electrons. The number of benzene rings is 2. The maximum absolute atomic E-state index is 11.4. The number of hydrogen-bond acceptors (Lipinski definition) is 4. The van der Waals surface area contributed by atoms with Gasteiger partial charge in [0.05, 0.1) is 11.3 Å². The molecular formula is C23H23N3O2. The highest BCUT2D eigenvalue weighted by Crippen LogP contribution is 2.26. The van der Waals surface area contributed by atoms with Crippen LogP contribution in [-0.2, 0) is 13.0 Å². The Kier molecular flexibility index (Phi) is 5.44. The average molecular weight is 373 g/mol. The predicted molar refractivity (Wildman–Crippen MR) is 108 cm³/mol. The minimum Gasteiger partial charge on any atom is -0.478 e. The Morgan fingerprint density at radius 2 is 1.93 bits per heavy atom. The zero-order valence-corrected chi connectivity index (χ0v) is 15.7. The molecule has 0 aliphatic carbocycles. The Hall–Kier alpha value is -3.05. The third-order valence-corrected chi connectivity index (χ3v) is 5.31. The number of carbonyl (C=O) groups is 1. The van der Waals surface area contributed by atoms with E-state index in [1.54, 1.807) is 24.5 Å². The van der Waals surface area contributed by atoms with Crippen LogP contribution in [-0.4, -0.2) is 39.0 Å². The first-order chi connectivity index (χ1) is 13.7. The molecule has 1 aromatic heterocycles. The van der Waals surface area contributed by atoms with Crippen molar-refractivity contribution in [2.75, 3.05) is 13.1 Å². The predicted octanol–water partition coefficient (Wildman–Crippen LogP) is 3.91. The Balaban J connectivity index is 1.38. The van der Waals surface area contributed by atoms with Crippen LogP contribution in [0.25, 0.3) is 11.1 Å².